The standard InChI is InChI=1S/C20H31F2N5O2/c1-26(11-2-3-11)20(29)18-13-9-27(5-4-15(13)24-25-18)19(28)17-8-12-14(22)6-10(21)7-16(12)23-17/h10-18,23-25H,2-9H2,1H3. The highest BCUT2D eigenvalue weighted by atomic mass is 19.1. The number of likely N-dealkylation sites (tertiary alicyclic amines) is 1. The van der Waals surface area contributed by atoms with Crippen LogP contribution in [0.3, 0.4) is 0 Å². The van der Waals surface area contributed by atoms with Gasteiger partial charge in [-0.3, -0.25) is 15.0 Å². The summed E-state index contributed by atoms with van der Waals surface area (Å²) in [5.74, 6) is -0.200. The van der Waals surface area contributed by atoms with E-state index < -0.39 is 18.4 Å². The fraction of sp³-hybridized carbons (Fsp3) is 0.900. The first-order valence-electron chi connectivity index (χ1n) is 11.0. The highest BCUT2D eigenvalue weighted by Crippen LogP contribution is 2.38. The van der Waals surface area contributed by atoms with Crippen LogP contribution < -0.4 is 16.2 Å². The molecule has 0 spiro atoms. The molecule has 8 unspecified atom stereocenters. The quantitative estimate of drug-likeness (QED) is 0.615. The minimum Gasteiger partial charge on any atom is -0.341 e. The number of halogens is 2. The van der Waals surface area contributed by atoms with Gasteiger partial charge in [-0.2, -0.15) is 0 Å². The number of hydrazine groups is 1. The second kappa shape index (κ2) is 7.42. The van der Waals surface area contributed by atoms with Crippen LogP contribution in [-0.4, -0.2) is 84.3 Å². The Kier molecular flexibility index (Phi) is 5.03. The lowest BCUT2D eigenvalue weighted by molar-refractivity contribution is -0.138. The van der Waals surface area contributed by atoms with E-state index in [-0.39, 0.29) is 54.6 Å². The maximum Gasteiger partial charge on any atom is 0.241 e. The molecule has 0 aromatic rings. The fourth-order valence-electron chi connectivity index (χ4n) is 5.82. The Bertz CT molecular complexity index is 677. The Morgan fingerprint density at radius 2 is 1.79 bits per heavy atom. The number of fused-ring (bicyclic) bond motifs is 2. The van der Waals surface area contributed by atoms with E-state index in [2.05, 4.69) is 16.2 Å². The molecule has 9 heteroatoms. The average molecular weight is 411 g/mol. The number of rotatable bonds is 3. The van der Waals surface area contributed by atoms with Gasteiger partial charge in [0, 0.05) is 56.5 Å². The van der Waals surface area contributed by atoms with Gasteiger partial charge in [0.1, 0.15) is 18.4 Å². The van der Waals surface area contributed by atoms with Crippen molar-refractivity contribution in [3.8, 4) is 0 Å². The van der Waals surface area contributed by atoms with Gasteiger partial charge < -0.3 is 15.1 Å². The summed E-state index contributed by atoms with van der Waals surface area (Å²) in [5.41, 5.74) is 6.40. The average Bonchev–Trinajstić information content (AvgIpc) is 3.32. The van der Waals surface area contributed by atoms with Gasteiger partial charge in [0.25, 0.3) is 0 Å². The first-order valence-corrected chi connectivity index (χ1v) is 11.0. The molecule has 8 atom stereocenters. The van der Waals surface area contributed by atoms with Crippen molar-refractivity contribution in [3.05, 3.63) is 0 Å². The zero-order valence-electron chi connectivity index (χ0n) is 16.8. The maximum absolute atomic E-state index is 14.3. The molecule has 29 heavy (non-hydrogen) atoms. The first kappa shape index (κ1) is 19.6. The lowest BCUT2D eigenvalue weighted by atomic mass is 9.82. The molecule has 162 valence electrons. The van der Waals surface area contributed by atoms with E-state index in [1.165, 1.54) is 0 Å². The van der Waals surface area contributed by atoms with Crippen molar-refractivity contribution in [2.45, 2.75) is 81.1 Å². The Balaban J connectivity index is 1.23. The van der Waals surface area contributed by atoms with Crippen molar-refractivity contribution in [1.29, 1.82) is 0 Å². The van der Waals surface area contributed by atoms with Crippen LogP contribution >= 0.6 is 0 Å². The summed E-state index contributed by atoms with van der Waals surface area (Å²) in [6.45, 7) is 1.13. The van der Waals surface area contributed by atoms with Crippen molar-refractivity contribution >= 4 is 11.8 Å². The van der Waals surface area contributed by atoms with Gasteiger partial charge in [-0.05, 0) is 32.1 Å². The van der Waals surface area contributed by atoms with Crippen molar-refractivity contribution in [2.75, 3.05) is 20.1 Å². The summed E-state index contributed by atoms with van der Waals surface area (Å²) in [5, 5.41) is 3.21. The Labute approximate surface area is 169 Å². The van der Waals surface area contributed by atoms with E-state index in [1.54, 1.807) is 0 Å². The molecule has 2 aliphatic carbocycles. The summed E-state index contributed by atoms with van der Waals surface area (Å²) < 4.78 is 28.0. The van der Waals surface area contributed by atoms with Gasteiger partial charge in [-0.15, -0.1) is 0 Å². The number of likely N-dealkylation sites (N-methyl/N-ethyl adjacent to an activating group) is 1. The van der Waals surface area contributed by atoms with Crippen molar-refractivity contribution < 1.29 is 18.4 Å². The highest BCUT2D eigenvalue weighted by molar-refractivity contribution is 5.84. The molecule has 0 radical (unpaired) electrons. The molecule has 2 saturated carbocycles. The molecule has 5 aliphatic rings. The lowest BCUT2D eigenvalue weighted by Crippen LogP contribution is -2.55. The molecule has 0 bridgehead atoms. The van der Waals surface area contributed by atoms with Gasteiger partial charge >= 0.3 is 0 Å². The molecule has 3 aliphatic heterocycles. The Morgan fingerprint density at radius 3 is 2.55 bits per heavy atom. The minimum absolute atomic E-state index is 0.0224. The molecule has 3 heterocycles. The molecule has 3 saturated heterocycles. The predicted octanol–water partition coefficient (Wildman–Crippen LogP) is 0.117. The maximum atomic E-state index is 14.3. The van der Waals surface area contributed by atoms with E-state index in [0.29, 0.717) is 25.6 Å². The number of alkyl halides is 2. The molecule has 0 aromatic heterocycles. The van der Waals surface area contributed by atoms with Crippen LogP contribution in [-0.2, 0) is 9.59 Å². The zero-order chi connectivity index (χ0) is 20.3. The third kappa shape index (κ3) is 3.55. The van der Waals surface area contributed by atoms with Crippen molar-refractivity contribution in [3.63, 3.8) is 0 Å². The van der Waals surface area contributed by atoms with Crippen LogP contribution in [0.4, 0.5) is 8.78 Å². The second-order valence-corrected chi connectivity index (χ2v) is 9.60. The third-order valence-electron chi connectivity index (χ3n) is 7.72. The molecule has 7 nitrogen and oxygen atoms in total. The fourth-order valence-corrected chi connectivity index (χ4v) is 5.82. The number of hydrogen-bond donors (Lipinski definition) is 3. The number of carbonyl (C=O) groups is 2. The van der Waals surface area contributed by atoms with Crippen LogP contribution in [0.2, 0.25) is 0 Å². The largest absolute Gasteiger partial charge is 0.341 e. The van der Waals surface area contributed by atoms with Crippen LogP contribution in [0.25, 0.3) is 0 Å². The monoisotopic (exact) mass is 411 g/mol. The van der Waals surface area contributed by atoms with E-state index in [1.807, 2.05) is 16.8 Å². The first-order chi connectivity index (χ1) is 13.9. The van der Waals surface area contributed by atoms with Crippen LogP contribution in [0, 0.1) is 11.8 Å². The topological polar surface area (TPSA) is 76.7 Å². The van der Waals surface area contributed by atoms with Gasteiger partial charge in [0.15, 0.2) is 0 Å². The van der Waals surface area contributed by atoms with E-state index in [0.717, 1.165) is 19.3 Å². The highest BCUT2D eigenvalue weighted by Gasteiger charge is 2.50. The lowest BCUT2D eigenvalue weighted by Gasteiger charge is -2.37. The number of carbonyl (C=O) groups excluding carboxylic acids is 2. The SMILES string of the molecule is CN(C(=O)C1NNC2CCN(C(=O)C3CC4C(F)CC(F)CC4N3)CC21)C1CC1. The van der Waals surface area contributed by atoms with Crippen molar-refractivity contribution in [1.82, 2.24) is 26.0 Å². The normalized spacial score (nSPS) is 44.3. The molecular weight excluding hydrogens is 380 g/mol. The Morgan fingerprint density at radius 1 is 1.00 bits per heavy atom. The van der Waals surface area contributed by atoms with Crippen LogP contribution in [0.5, 0.6) is 0 Å². The van der Waals surface area contributed by atoms with Crippen LogP contribution in [0.15, 0.2) is 0 Å². The Hall–Kier alpha value is -1.32. The van der Waals surface area contributed by atoms with Crippen molar-refractivity contribution in [2.24, 2.45) is 11.8 Å². The zero-order valence-corrected chi connectivity index (χ0v) is 16.8. The number of piperidine rings is 1. The van der Waals surface area contributed by atoms with E-state index >= 15 is 0 Å². The van der Waals surface area contributed by atoms with E-state index in [4.69, 9.17) is 0 Å². The van der Waals surface area contributed by atoms with Gasteiger partial charge in [0.2, 0.25) is 11.8 Å². The molecule has 0 aromatic carbocycles. The molecule has 5 rings (SSSR count). The molecular formula is C20H31F2N5O2. The minimum atomic E-state index is -1.18. The summed E-state index contributed by atoms with van der Waals surface area (Å²) >= 11 is 0. The summed E-state index contributed by atoms with van der Waals surface area (Å²) in [7, 11) is 1.86. The summed E-state index contributed by atoms with van der Waals surface area (Å²) in [6.07, 6.45) is 1.27. The third-order valence-corrected chi connectivity index (χ3v) is 7.72. The van der Waals surface area contributed by atoms with E-state index in [9.17, 15) is 18.4 Å². The number of hydrogen-bond acceptors (Lipinski definition) is 5. The smallest absolute Gasteiger partial charge is 0.241 e. The van der Waals surface area contributed by atoms with Gasteiger partial charge in [0.05, 0.1) is 6.04 Å². The van der Waals surface area contributed by atoms with Gasteiger partial charge in [-0.25, -0.2) is 14.2 Å². The predicted molar refractivity (Wildman–Crippen MR) is 102 cm³/mol. The number of amides is 2. The second-order valence-electron chi connectivity index (χ2n) is 9.60. The molecule has 2 amide bonds. The van der Waals surface area contributed by atoms with Crippen LogP contribution in [0.1, 0.15) is 38.5 Å². The molecule has 3 N–H and O–H groups in total. The summed E-state index contributed by atoms with van der Waals surface area (Å²) in [6, 6.07) is -0.513. The van der Waals surface area contributed by atoms with Gasteiger partial charge in [-0.1, -0.05) is 0 Å². The number of nitrogens with zero attached hydrogens (tertiary/aromatic N) is 2. The summed E-state index contributed by atoms with van der Waals surface area (Å²) in [4.78, 5) is 29.7. The molecule has 5 fully saturated rings. The number of nitrogens with one attached hydrogen (secondary N) is 3.